The zero-order valence-electron chi connectivity index (χ0n) is 11.9. The van der Waals surface area contributed by atoms with Crippen LogP contribution in [0.15, 0.2) is 56.8 Å². The molecule has 1 heterocycles. The summed E-state index contributed by atoms with van der Waals surface area (Å²) in [6.07, 6.45) is -4.40. The molecule has 0 aliphatic heterocycles. The number of halogens is 5. The van der Waals surface area contributed by atoms with E-state index in [1.54, 1.807) is 6.07 Å². The fourth-order valence-electron chi connectivity index (χ4n) is 2.03. The zero-order chi connectivity index (χ0) is 17.3. The van der Waals surface area contributed by atoms with Gasteiger partial charge in [0.15, 0.2) is 5.13 Å². The Morgan fingerprint density at radius 3 is 2.33 bits per heavy atom. The largest absolute Gasteiger partial charge is 0.416 e. The first-order valence-electron chi connectivity index (χ1n) is 6.67. The molecule has 24 heavy (non-hydrogen) atoms. The number of alkyl halides is 3. The third-order valence-electron chi connectivity index (χ3n) is 3.12. The first kappa shape index (κ1) is 17.4. The number of benzene rings is 2. The van der Waals surface area contributed by atoms with E-state index >= 15 is 0 Å². The summed E-state index contributed by atoms with van der Waals surface area (Å²) in [4.78, 5) is 4.42. The normalized spacial score (nSPS) is 11.5. The Hall–Kier alpha value is -1.38. The van der Waals surface area contributed by atoms with Gasteiger partial charge in [0.2, 0.25) is 0 Å². The van der Waals surface area contributed by atoms with Gasteiger partial charge in [-0.2, -0.15) is 13.2 Å². The molecule has 2 aromatic carbocycles. The van der Waals surface area contributed by atoms with Gasteiger partial charge < -0.3 is 5.32 Å². The number of nitrogens with zero attached hydrogens (tertiary/aromatic N) is 1. The summed E-state index contributed by atoms with van der Waals surface area (Å²) >= 11 is 7.81. The van der Waals surface area contributed by atoms with Crippen molar-refractivity contribution in [1.82, 2.24) is 4.98 Å². The lowest BCUT2D eigenvalue weighted by molar-refractivity contribution is -0.137. The lowest BCUT2D eigenvalue weighted by atomic mass is 10.2. The summed E-state index contributed by atoms with van der Waals surface area (Å²) in [5.74, 6) is 0. The average Bonchev–Trinajstić information content (AvgIpc) is 2.95. The number of aromatic nitrogens is 1. The molecule has 0 fully saturated rings. The molecule has 1 aromatic heterocycles. The maximum Gasteiger partial charge on any atom is 0.416 e. The van der Waals surface area contributed by atoms with E-state index in [1.165, 1.54) is 11.3 Å². The van der Waals surface area contributed by atoms with Gasteiger partial charge in [0.25, 0.3) is 0 Å². The molecule has 0 aliphatic rings. The van der Waals surface area contributed by atoms with E-state index in [2.05, 4.69) is 42.2 Å². The molecule has 8 heteroatoms. The standard InChI is InChI=1S/C16H9Br2F3N2S/c17-11-3-1-9(2-4-11)14-8-24-15(23-14)22-13-6-10(16(19,20)21)5-12(18)7-13/h1-8H,(H,22,23). The topological polar surface area (TPSA) is 24.9 Å². The van der Waals surface area contributed by atoms with E-state index in [0.717, 1.165) is 27.9 Å². The van der Waals surface area contributed by atoms with Gasteiger partial charge in [-0.25, -0.2) is 4.98 Å². The Kier molecular flexibility index (Phi) is 4.98. The van der Waals surface area contributed by atoms with Crippen LogP contribution in [0, 0.1) is 0 Å². The van der Waals surface area contributed by atoms with E-state index in [0.29, 0.717) is 15.3 Å². The van der Waals surface area contributed by atoms with Crippen LogP contribution >= 0.6 is 43.2 Å². The molecule has 0 saturated heterocycles. The second kappa shape index (κ2) is 6.85. The van der Waals surface area contributed by atoms with Crippen molar-refractivity contribution in [2.24, 2.45) is 0 Å². The Labute approximate surface area is 157 Å². The molecule has 0 saturated carbocycles. The average molecular weight is 478 g/mol. The molecule has 1 N–H and O–H groups in total. The highest BCUT2D eigenvalue weighted by Gasteiger charge is 2.31. The summed E-state index contributed by atoms with van der Waals surface area (Å²) in [5, 5.41) is 5.31. The van der Waals surface area contributed by atoms with Gasteiger partial charge in [-0.1, -0.05) is 44.0 Å². The number of rotatable bonds is 3. The highest BCUT2D eigenvalue weighted by atomic mass is 79.9. The maximum atomic E-state index is 12.9. The van der Waals surface area contributed by atoms with Gasteiger partial charge in [-0.3, -0.25) is 0 Å². The highest BCUT2D eigenvalue weighted by molar-refractivity contribution is 9.10. The van der Waals surface area contributed by atoms with Crippen molar-refractivity contribution in [1.29, 1.82) is 0 Å². The number of hydrogen-bond donors (Lipinski definition) is 1. The van der Waals surface area contributed by atoms with Crippen LogP contribution in [0.2, 0.25) is 0 Å². The number of thiazole rings is 1. The quantitative estimate of drug-likeness (QED) is 0.435. The van der Waals surface area contributed by atoms with Crippen LogP contribution in [0.1, 0.15) is 5.56 Å². The summed E-state index contributed by atoms with van der Waals surface area (Å²) in [5.41, 5.74) is 1.31. The third-order valence-corrected chi connectivity index (χ3v) is 4.86. The Morgan fingerprint density at radius 1 is 0.958 bits per heavy atom. The fraction of sp³-hybridized carbons (Fsp3) is 0.0625. The third kappa shape index (κ3) is 4.17. The molecule has 0 amide bonds. The van der Waals surface area contributed by atoms with Crippen molar-refractivity contribution >= 4 is 54.0 Å². The first-order chi connectivity index (χ1) is 11.3. The van der Waals surface area contributed by atoms with Crippen LogP contribution in [0.4, 0.5) is 24.0 Å². The second-order valence-corrected chi connectivity index (χ2v) is 7.59. The minimum atomic E-state index is -4.40. The van der Waals surface area contributed by atoms with Crippen LogP contribution < -0.4 is 5.32 Å². The van der Waals surface area contributed by atoms with Gasteiger partial charge >= 0.3 is 6.18 Å². The predicted molar refractivity (Wildman–Crippen MR) is 97.7 cm³/mol. The summed E-state index contributed by atoms with van der Waals surface area (Å²) in [7, 11) is 0. The molecule has 3 rings (SSSR count). The van der Waals surface area contributed by atoms with Gasteiger partial charge in [0.05, 0.1) is 11.3 Å². The van der Waals surface area contributed by atoms with E-state index in [9.17, 15) is 13.2 Å². The van der Waals surface area contributed by atoms with Crippen molar-refractivity contribution in [2.45, 2.75) is 6.18 Å². The van der Waals surface area contributed by atoms with Crippen molar-refractivity contribution in [3.8, 4) is 11.3 Å². The Balaban J connectivity index is 1.85. The van der Waals surface area contributed by atoms with Gasteiger partial charge in [-0.05, 0) is 30.3 Å². The van der Waals surface area contributed by atoms with Crippen molar-refractivity contribution in [3.63, 3.8) is 0 Å². The lowest BCUT2D eigenvalue weighted by Gasteiger charge is -2.10. The SMILES string of the molecule is FC(F)(F)c1cc(Br)cc(Nc2nc(-c3ccc(Br)cc3)cs2)c1. The summed E-state index contributed by atoms with van der Waals surface area (Å²) < 4.78 is 40.0. The molecular weight excluding hydrogens is 469 g/mol. The highest BCUT2D eigenvalue weighted by Crippen LogP contribution is 2.35. The summed E-state index contributed by atoms with van der Waals surface area (Å²) in [6.45, 7) is 0. The van der Waals surface area contributed by atoms with Crippen molar-refractivity contribution < 1.29 is 13.2 Å². The molecule has 0 aliphatic carbocycles. The molecule has 0 atom stereocenters. The zero-order valence-corrected chi connectivity index (χ0v) is 15.9. The van der Waals surface area contributed by atoms with Crippen molar-refractivity contribution in [2.75, 3.05) is 5.32 Å². The van der Waals surface area contributed by atoms with E-state index in [4.69, 9.17) is 0 Å². The molecule has 2 nitrogen and oxygen atoms in total. The van der Waals surface area contributed by atoms with Gasteiger partial charge in [-0.15, -0.1) is 11.3 Å². The van der Waals surface area contributed by atoms with E-state index in [1.807, 2.05) is 29.6 Å². The number of anilines is 2. The molecule has 0 spiro atoms. The molecule has 0 unspecified atom stereocenters. The van der Waals surface area contributed by atoms with Gasteiger partial charge in [0, 0.05) is 25.6 Å². The van der Waals surface area contributed by atoms with E-state index in [-0.39, 0.29) is 0 Å². The van der Waals surface area contributed by atoms with Crippen LogP contribution in [0.5, 0.6) is 0 Å². The van der Waals surface area contributed by atoms with Crippen LogP contribution in [-0.2, 0) is 6.18 Å². The predicted octanol–water partition coefficient (Wildman–Crippen LogP) is 7.10. The number of nitrogens with one attached hydrogen (secondary N) is 1. The lowest BCUT2D eigenvalue weighted by Crippen LogP contribution is -2.05. The number of hydrogen-bond acceptors (Lipinski definition) is 3. The minimum Gasteiger partial charge on any atom is -0.331 e. The molecule has 0 bridgehead atoms. The van der Waals surface area contributed by atoms with Crippen molar-refractivity contribution in [3.05, 3.63) is 62.4 Å². The smallest absolute Gasteiger partial charge is 0.331 e. The Bertz CT molecular complexity index is 861. The monoisotopic (exact) mass is 476 g/mol. The fourth-order valence-corrected chi connectivity index (χ4v) is 3.53. The minimum absolute atomic E-state index is 0.327. The second-order valence-electron chi connectivity index (χ2n) is 4.90. The van der Waals surface area contributed by atoms with Crippen LogP contribution in [0.25, 0.3) is 11.3 Å². The molecule has 0 radical (unpaired) electrons. The molecule has 124 valence electrons. The Morgan fingerprint density at radius 2 is 1.67 bits per heavy atom. The van der Waals surface area contributed by atoms with Gasteiger partial charge in [0.1, 0.15) is 0 Å². The maximum absolute atomic E-state index is 12.9. The van der Waals surface area contributed by atoms with Crippen LogP contribution in [-0.4, -0.2) is 4.98 Å². The van der Waals surface area contributed by atoms with Crippen LogP contribution in [0.3, 0.4) is 0 Å². The van der Waals surface area contributed by atoms with E-state index < -0.39 is 11.7 Å². The molecule has 3 aromatic rings. The summed E-state index contributed by atoms with van der Waals surface area (Å²) in [6, 6.07) is 11.3. The first-order valence-corrected chi connectivity index (χ1v) is 9.14. The molecular formula is C16H9Br2F3N2S.